The zero-order valence-electron chi connectivity index (χ0n) is 12.6. The first-order valence-electron chi connectivity index (χ1n) is 7.41. The lowest BCUT2D eigenvalue weighted by atomic mass is 9.90. The number of carbonyl (C=O) groups is 1. The first kappa shape index (κ1) is 16.1. The topological polar surface area (TPSA) is 41.6 Å². The maximum absolute atomic E-state index is 12.2. The Balaban J connectivity index is 1.78. The van der Waals surface area contributed by atoms with Crippen molar-refractivity contribution in [2.75, 3.05) is 20.7 Å². The number of likely N-dealkylation sites (N-methyl/N-ethyl adjacent to an activating group) is 1. The van der Waals surface area contributed by atoms with Gasteiger partial charge in [-0.1, -0.05) is 11.6 Å². The van der Waals surface area contributed by atoms with E-state index in [0.29, 0.717) is 22.9 Å². The average Bonchev–Trinajstić information content (AvgIpc) is 2.53. The predicted octanol–water partition coefficient (Wildman–Crippen LogP) is 2.71. The smallest absolute Gasteiger partial charge is 0.260 e. The molecule has 1 amide bonds. The summed E-state index contributed by atoms with van der Waals surface area (Å²) in [6, 6.07) is 7.97. The number of rotatable bonds is 5. The molecule has 0 radical (unpaired) electrons. The highest BCUT2D eigenvalue weighted by molar-refractivity contribution is 6.30. The minimum atomic E-state index is 0.0258. The van der Waals surface area contributed by atoms with Crippen molar-refractivity contribution in [3.8, 4) is 5.75 Å². The molecule has 0 aliphatic heterocycles. The number of benzene rings is 1. The van der Waals surface area contributed by atoms with E-state index in [1.165, 1.54) is 0 Å². The summed E-state index contributed by atoms with van der Waals surface area (Å²) in [5, 5.41) is 3.96. The highest BCUT2D eigenvalue weighted by Crippen LogP contribution is 2.22. The SMILES string of the molecule is CNC1CCC(N(C)C(=O)COc2ccc(Cl)cc2)CC1. The Bertz CT molecular complexity index is 456. The molecule has 1 saturated carbocycles. The van der Waals surface area contributed by atoms with Gasteiger partial charge in [0.1, 0.15) is 5.75 Å². The van der Waals surface area contributed by atoms with Gasteiger partial charge in [0.2, 0.25) is 0 Å². The van der Waals surface area contributed by atoms with Crippen LogP contribution in [0.25, 0.3) is 0 Å². The molecule has 0 spiro atoms. The van der Waals surface area contributed by atoms with Crippen LogP contribution in [0.1, 0.15) is 25.7 Å². The van der Waals surface area contributed by atoms with Gasteiger partial charge in [-0.2, -0.15) is 0 Å². The van der Waals surface area contributed by atoms with Crippen LogP contribution in [-0.2, 0) is 4.79 Å². The van der Waals surface area contributed by atoms with E-state index in [2.05, 4.69) is 5.32 Å². The van der Waals surface area contributed by atoms with Crippen LogP contribution in [0, 0.1) is 0 Å². The molecule has 21 heavy (non-hydrogen) atoms. The summed E-state index contributed by atoms with van der Waals surface area (Å²) in [5.41, 5.74) is 0. The van der Waals surface area contributed by atoms with Crippen LogP contribution in [0.15, 0.2) is 24.3 Å². The van der Waals surface area contributed by atoms with Gasteiger partial charge in [-0.3, -0.25) is 4.79 Å². The summed E-state index contributed by atoms with van der Waals surface area (Å²) >= 11 is 5.81. The molecule has 2 rings (SSSR count). The molecule has 1 aromatic rings. The Morgan fingerprint density at radius 2 is 1.90 bits per heavy atom. The van der Waals surface area contributed by atoms with E-state index < -0.39 is 0 Å². The van der Waals surface area contributed by atoms with E-state index in [0.717, 1.165) is 25.7 Å². The highest BCUT2D eigenvalue weighted by Gasteiger charge is 2.25. The summed E-state index contributed by atoms with van der Waals surface area (Å²) < 4.78 is 5.51. The van der Waals surface area contributed by atoms with Crippen LogP contribution < -0.4 is 10.1 Å². The normalized spacial score (nSPS) is 21.9. The van der Waals surface area contributed by atoms with Crippen molar-refractivity contribution >= 4 is 17.5 Å². The van der Waals surface area contributed by atoms with Gasteiger partial charge < -0.3 is 15.0 Å². The van der Waals surface area contributed by atoms with Crippen molar-refractivity contribution in [3.05, 3.63) is 29.3 Å². The first-order chi connectivity index (χ1) is 10.1. The molecule has 0 bridgehead atoms. The molecule has 0 heterocycles. The quantitative estimate of drug-likeness (QED) is 0.909. The van der Waals surface area contributed by atoms with Gasteiger partial charge >= 0.3 is 0 Å². The average molecular weight is 311 g/mol. The second kappa shape index (κ2) is 7.66. The molecular weight excluding hydrogens is 288 g/mol. The lowest BCUT2D eigenvalue weighted by Gasteiger charge is -2.34. The van der Waals surface area contributed by atoms with Gasteiger partial charge in [-0.25, -0.2) is 0 Å². The number of halogens is 1. The molecule has 4 nitrogen and oxygen atoms in total. The van der Waals surface area contributed by atoms with Crippen molar-refractivity contribution in [2.45, 2.75) is 37.8 Å². The van der Waals surface area contributed by atoms with E-state index in [4.69, 9.17) is 16.3 Å². The molecule has 0 aromatic heterocycles. The number of ether oxygens (including phenoxy) is 1. The maximum Gasteiger partial charge on any atom is 0.260 e. The third kappa shape index (κ3) is 4.61. The molecule has 5 heteroatoms. The van der Waals surface area contributed by atoms with Crippen molar-refractivity contribution in [1.29, 1.82) is 0 Å². The number of nitrogens with zero attached hydrogens (tertiary/aromatic N) is 1. The zero-order chi connectivity index (χ0) is 15.2. The Labute approximate surface area is 131 Å². The fraction of sp³-hybridized carbons (Fsp3) is 0.562. The van der Waals surface area contributed by atoms with Gasteiger partial charge in [0.15, 0.2) is 6.61 Å². The van der Waals surface area contributed by atoms with Gasteiger partial charge in [-0.05, 0) is 57.0 Å². The van der Waals surface area contributed by atoms with Crippen LogP contribution in [0.2, 0.25) is 5.02 Å². The fourth-order valence-corrected chi connectivity index (χ4v) is 2.86. The first-order valence-corrected chi connectivity index (χ1v) is 7.79. The lowest BCUT2D eigenvalue weighted by molar-refractivity contribution is -0.134. The third-order valence-corrected chi connectivity index (χ3v) is 4.47. The molecule has 0 unspecified atom stereocenters. The van der Waals surface area contributed by atoms with Crippen molar-refractivity contribution in [2.24, 2.45) is 0 Å². The molecule has 116 valence electrons. The zero-order valence-corrected chi connectivity index (χ0v) is 13.4. The predicted molar refractivity (Wildman–Crippen MR) is 84.8 cm³/mol. The van der Waals surface area contributed by atoms with Crippen LogP contribution >= 0.6 is 11.6 Å². The molecule has 1 aromatic carbocycles. The minimum absolute atomic E-state index is 0.0258. The molecule has 1 aliphatic carbocycles. The minimum Gasteiger partial charge on any atom is -0.484 e. The van der Waals surface area contributed by atoms with Crippen molar-refractivity contribution in [3.63, 3.8) is 0 Å². The number of carbonyl (C=O) groups excluding carboxylic acids is 1. The van der Waals surface area contributed by atoms with Crippen LogP contribution in [-0.4, -0.2) is 43.6 Å². The van der Waals surface area contributed by atoms with Crippen molar-refractivity contribution in [1.82, 2.24) is 10.2 Å². The summed E-state index contributed by atoms with van der Waals surface area (Å²) in [6.07, 6.45) is 4.34. The van der Waals surface area contributed by atoms with Gasteiger partial charge in [-0.15, -0.1) is 0 Å². The van der Waals surface area contributed by atoms with Gasteiger partial charge in [0.25, 0.3) is 5.91 Å². The Morgan fingerprint density at radius 1 is 1.29 bits per heavy atom. The number of hydrogen-bond acceptors (Lipinski definition) is 3. The van der Waals surface area contributed by atoms with Crippen molar-refractivity contribution < 1.29 is 9.53 Å². The Kier molecular flexibility index (Phi) is 5.88. The van der Waals surface area contributed by atoms with Crippen LogP contribution in [0.3, 0.4) is 0 Å². The monoisotopic (exact) mass is 310 g/mol. The molecule has 1 aliphatic rings. The van der Waals surface area contributed by atoms with E-state index >= 15 is 0 Å². The summed E-state index contributed by atoms with van der Waals surface area (Å²) in [4.78, 5) is 14.0. The second-order valence-corrected chi connectivity index (χ2v) is 5.98. The second-order valence-electron chi connectivity index (χ2n) is 5.54. The fourth-order valence-electron chi connectivity index (χ4n) is 2.73. The van der Waals surface area contributed by atoms with Gasteiger partial charge in [0.05, 0.1) is 0 Å². The van der Waals surface area contributed by atoms with E-state index in [-0.39, 0.29) is 12.5 Å². The Hall–Kier alpha value is -1.26. The summed E-state index contributed by atoms with van der Waals surface area (Å²) in [7, 11) is 3.87. The molecular formula is C16H23ClN2O2. The van der Waals surface area contributed by atoms with E-state index in [1.807, 2.05) is 19.0 Å². The standard InChI is InChI=1S/C16H23ClN2O2/c1-18-13-5-7-14(8-6-13)19(2)16(20)11-21-15-9-3-12(17)4-10-15/h3-4,9-10,13-14,18H,5-8,11H2,1-2H3. The maximum atomic E-state index is 12.2. The molecule has 0 atom stereocenters. The van der Waals surface area contributed by atoms with Gasteiger partial charge in [0, 0.05) is 24.2 Å². The summed E-state index contributed by atoms with van der Waals surface area (Å²) in [5.74, 6) is 0.692. The lowest BCUT2D eigenvalue weighted by Crippen LogP contribution is -2.44. The highest BCUT2D eigenvalue weighted by atomic mass is 35.5. The summed E-state index contributed by atoms with van der Waals surface area (Å²) in [6.45, 7) is 0.0735. The molecule has 0 saturated heterocycles. The van der Waals surface area contributed by atoms with E-state index in [1.54, 1.807) is 24.3 Å². The molecule has 1 N–H and O–H groups in total. The number of nitrogens with one attached hydrogen (secondary N) is 1. The Morgan fingerprint density at radius 3 is 2.48 bits per heavy atom. The largest absolute Gasteiger partial charge is 0.484 e. The third-order valence-electron chi connectivity index (χ3n) is 4.22. The number of hydrogen-bond donors (Lipinski definition) is 1. The van der Waals surface area contributed by atoms with Crippen LogP contribution in [0.5, 0.6) is 5.75 Å². The van der Waals surface area contributed by atoms with E-state index in [9.17, 15) is 4.79 Å². The van der Waals surface area contributed by atoms with Crippen LogP contribution in [0.4, 0.5) is 0 Å². The molecule has 1 fully saturated rings. The number of amides is 1.